The number of hydrogen-bond acceptors (Lipinski definition) is 1. The van der Waals surface area contributed by atoms with Gasteiger partial charge in [-0.25, -0.2) is 0 Å². The van der Waals surface area contributed by atoms with E-state index >= 15 is 0 Å². The number of rotatable bonds is 0. The van der Waals surface area contributed by atoms with E-state index in [9.17, 15) is 0 Å². The first-order valence-electron chi connectivity index (χ1n) is 6.24. The molecule has 0 amide bonds. The minimum atomic E-state index is 0.403. The molecule has 3 unspecified atom stereocenters. The lowest BCUT2D eigenvalue weighted by atomic mass is 9.51. The molecule has 0 N–H and O–H groups in total. The van der Waals surface area contributed by atoms with Gasteiger partial charge in [-0.2, -0.15) is 12.6 Å². The summed E-state index contributed by atoms with van der Waals surface area (Å²) in [5.74, 6) is 0.840. The molecule has 0 radical (unpaired) electrons. The van der Waals surface area contributed by atoms with Gasteiger partial charge < -0.3 is 0 Å². The van der Waals surface area contributed by atoms with Crippen molar-refractivity contribution < 1.29 is 0 Å². The molecule has 0 saturated heterocycles. The van der Waals surface area contributed by atoms with E-state index in [-0.39, 0.29) is 0 Å². The van der Waals surface area contributed by atoms with Gasteiger partial charge in [-0.1, -0.05) is 39.3 Å². The third kappa shape index (κ3) is 1.67. The smallest absolute Gasteiger partial charge is 0.0280 e. The first kappa shape index (κ1) is 11.6. The Labute approximate surface area is 99.9 Å². The van der Waals surface area contributed by atoms with E-state index in [1.807, 2.05) is 0 Å². The third-order valence-corrected chi connectivity index (χ3v) is 6.00. The zero-order valence-electron chi connectivity index (χ0n) is 10.3. The van der Waals surface area contributed by atoms with Gasteiger partial charge in [-0.05, 0) is 42.4 Å². The average Bonchev–Trinajstić information content (AvgIpc) is 2.12. The zero-order valence-corrected chi connectivity index (χ0v) is 11.2. The SMILES string of the molecule is C=C1CCC2C(C)(C)CCCC2(C)C1S. The van der Waals surface area contributed by atoms with Crippen LogP contribution in [0, 0.1) is 16.7 Å². The van der Waals surface area contributed by atoms with Crippen LogP contribution in [0.3, 0.4) is 0 Å². The van der Waals surface area contributed by atoms with Crippen LogP contribution in [0.4, 0.5) is 0 Å². The van der Waals surface area contributed by atoms with Gasteiger partial charge in [0.15, 0.2) is 0 Å². The first-order chi connectivity index (χ1) is 6.88. The predicted molar refractivity (Wildman–Crippen MR) is 70.4 cm³/mol. The van der Waals surface area contributed by atoms with Gasteiger partial charge in [-0.3, -0.25) is 0 Å². The van der Waals surface area contributed by atoms with Gasteiger partial charge in [0.2, 0.25) is 0 Å². The van der Waals surface area contributed by atoms with Crippen molar-refractivity contribution in [1.29, 1.82) is 0 Å². The fraction of sp³-hybridized carbons (Fsp3) is 0.857. The Hall–Kier alpha value is 0.0900. The van der Waals surface area contributed by atoms with Crippen LogP contribution >= 0.6 is 12.6 Å². The molecule has 3 atom stereocenters. The van der Waals surface area contributed by atoms with E-state index in [1.54, 1.807) is 0 Å². The fourth-order valence-corrected chi connectivity index (χ4v) is 4.58. The Kier molecular flexibility index (Phi) is 2.74. The Bertz CT molecular complexity index is 279. The van der Waals surface area contributed by atoms with E-state index in [0.29, 0.717) is 16.1 Å². The van der Waals surface area contributed by atoms with E-state index in [4.69, 9.17) is 12.6 Å². The monoisotopic (exact) mass is 224 g/mol. The molecule has 2 fully saturated rings. The second kappa shape index (κ2) is 3.55. The molecule has 0 nitrogen and oxygen atoms in total. The van der Waals surface area contributed by atoms with Gasteiger partial charge in [0, 0.05) is 5.25 Å². The number of fused-ring (bicyclic) bond motifs is 1. The highest BCUT2D eigenvalue weighted by molar-refractivity contribution is 7.81. The minimum absolute atomic E-state index is 0.403. The maximum Gasteiger partial charge on any atom is 0.0280 e. The highest BCUT2D eigenvalue weighted by Crippen LogP contribution is 2.59. The van der Waals surface area contributed by atoms with Crippen LogP contribution < -0.4 is 0 Å². The van der Waals surface area contributed by atoms with Crippen molar-refractivity contribution in [3.05, 3.63) is 12.2 Å². The van der Waals surface area contributed by atoms with E-state index < -0.39 is 0 Å². The molecule has 1 heteroatoms. The predicted octanol–water partition coefficient (Wildman–Crippen LogP) is 4.47. The Morgan fingerprint density at radius 3 is 2.60 bits per heavy atom. The van der Waals surface area contributed by atoms with Crippen molar-refractivity contribution >= 4 is 12.6 Å². The molecule has 15 heavy (non-hydrogen) atoms. The zero-order chi connectivity index (χ0) is 11.3. The van der Waals surface area contributed by atoms with Gasteiger partial charge in [-0.15, -0.1) is 0 Å². The summed E-state index contributed by atoms with van der Waals surface area (Å²) in [6, 6.07) is 0. The lowest BCUT2D eigenvalue weighted by Gasteiger charge is -2.56. The molecule has 2 aliphatic carbocycles. The molecule has 0 heterocycles. The second-order valence-electron chi connectivity index (χ2n) is 6.50. The van der Waals surface area contributed by atoms with Crippen molar-refractivity contribution in [3.63, 3.8) is 0 Å². The minimum Gasteiger partial charge on any atom is -0.171 e. The quantitative estimate of drug-likeness (QED) is 0.455. The molecule has 2 rings (SSSR count). The summed E-state index contributed by atoms with van der Waals surface area (Å²) in [4.78, 5) is 0. The highest BCUT2D eigenvalue weighted by atomic mass is 32.1. The lowest BCUT2D eigenvalue weighted by molar-refractivity contribution is -0.0122. The lowest BCUT2D eigenvalue weighted by Crippen LogP contribution is -2.50. The van der Waals surface area contributed by atoms with Crippen molar-refractivity contribution in [2.24, 2.45) is 16.7 Å². The Morgan fingerprint density at radius 1 is 1.27 bits per heavy atom. The summed E-state index contributed by atoms with van der Waals surface area (Å²) in [6.45, 7) is 11.5. The van der Waals surface area contributed by atoms with Crippen LogP contribution in [0.15, 0.2) is 12.2 Å². The van der Waals surface area contributed by atoms with E-state index in [2.05, 4.69) is 27.4 Å². The molecule has 0 spiro atoms. The summed E-state index contributed by atoms with van der Waals surface area (Å²) in [7, 11) is 0. The summed E-state index contributed by atoms with van der Waals surface area (Å²) in [5, 5.41) is 0.427. The standard InChI is InChI=1S/C14H24S/c1-10-6-7-11-13(2,3)8-5-9-14(11,4)12(10)15/h11-12,15H,1,5-9H2,2-4H3. The molecule has 0 aromatic heterocycles. The molecule has 2 saturated carbocycles. The highest BCUT2D eigenvalue weighted by Gasteiger charge is 2.51. The molecular weight excluding hydrogens is 200 g/mol. The first-order valence-corrected chi connectivity index (χ1v) is 6.75. The molecule has 0 aromatic carbocycles. The molecule has 0 aromatic rings. The topological polar surface area (TPSA) is 0 Å². The summed E-state index contributed by atoms with van der Waals surface area (Å²) in [6.07, 6.45) is 6.62. The van der Waals surface area contributed by atoms with Gasteiger partial charge in [0.1, 0.15) is 0 Å². The Balaban J connectivity index is 2.33. The van der Waals surface area contributed by atoms with Crippen LogP contribution in [-0.2, 0) is 0 Å². The van der Waals surface area contributed by atoms with E-state index in [1.165, 1.54) is 37.7 Å². The maximum absolute atomic E-state index is 4.84. The van der Waals surface area contributed by atoms with Crippen molar-refractivity contribution in [2.75, 3.05) is 0 Å². The van der Waals surface area contributed by atoms with Crippen molar-refractivity contribution in [2.45, 2.75) is 58.1 Å². The fourth-order valence-electron chi connectivity index (χ4n) is 4.15. The van der Waals surface area contributed by atoms with E-state index in [0.717, 1.165) is 5.92 Å². The van der Waals surface area contributed by atoms with Gasteiger partial charge in [0.05, 0.1) is 0 Å². The molecule has 2 aliphatic rings. The molecule has 0 aliphatic heterocycles. The Morgan fingerprint density at radius 2 is 1.93 bits per heavy atom. The van der Waals surface area contributed by atoms with Gasteiger partial charge in [0.25, 0.3) is 0 Å². The van der Waals surface area contributed by atoms with Crippen LogP contribution in [0.5, 0.6) is 0 Å². The second-order valence-corrected chi connectivity index (χ2v) is 7.02. The summed E-state index contributed by atoms with van der Waals surface area (Å²) >= 11 is 4.84. The summed E-state index contributed by atoms with van der Waals surface area (Å²) in [5.41, 5.74) is 2.28. The largest absolute Gasteiger partial charge is 0.171 e. The average molecular weight is 224 g/mol. The van der Waals surface area contributed by atoms with Crippen LogP contribution in [0.2, 0.25) is 0 Å². The third-order valence-electron chi connectivity index (χ3n) is 5.04. The van der Waals surface area contributed by atoms with Crippen molar-refractivity contribution in [1.82, 2.24) is 0 Å². The molecule has 86 valence electrons. The normalized spacial score (nSPS) is 44.9. The van der Waals surface area contributed by atoms with Crippen LogP contribution in [-0.4, -0.2) is 5.25 Å². The maximum atomic E-state index is 4.84. The van der Waals surface area contributed by atoms with Crippen LogP contribution in [0.25, 0.3) is 0 Å². The van der Waals surface area contributed by atoms with Gasteiger partial charge >= 0.3 is 0 Å². The van der Waals surface area contributed by atoms with Crippen molar-refractivity contribution in [3.8, 4) is 0 Å². The summed E-state index contributed by atoms with van der Waals surface area (Å²) < 4.78 is 0. The molecule has 0 bridgehead atoms. The molecular formula is C14H24S. The van der Waals surface area contributed by atoms with Crippen LogP contribution in [0.1, 0.15) is 52.9 Å². The number of hydrogen-bond donors (Lipinski definition) is 1. The number of thiol groups is 1.